The molecule has 0 radical (unpaired) electrons. The number of nitrogens with zero attached hydrogens (tertiary/aromatic N) is 5. The van der Waals surface area contributed by atoms with Gasteiger partial charge in [0.05, 0.1) is 23.3 Å². The molecular weight excluding hydrogens is 403 g/mol. The van der Waals surface area contributed by atoms with Gasteiger partial charge in [-0.3, -0.25) is 4.79 Å². The Kier molecular flexibility index (Phi) is 5.64. The van der Waals surface area contributed by atoms with Crippen LogP contribution in [0.4, 0.5) is 10.3 Å². The first-order valence-electron chi connectivity index (χ1n) is 10.0. The summed E-state index contributed by atoms with van der Waals surface area (Å²) in [5.41, 5.74) is 0.373. The maximum absolute atomic E-state index is 13.0. The van der Waals surface area contributed by atoms with E-state index in [9.17, 15) is 14.3 Å². The van der Waals surface area contributed by atoms with Gasteiger partial charge in [0.1, 0.15) is 5.69 Å². The van der Waals surface area contributed by atoms with Crippen molar-refractivity contribution in [3.8, 4) is 22.8 Å². The van der Waals surface area contributed by atoms with Gasteiger partial charge in [0, 0.05) is 38.8 Å². The van der Waals surface area contributed by atoms with Crippen molar-refractivity contribution >= 4 is 11.9 Å². The summed E-state index contributed by atoms with van der Waals surface area (Å²) in [7, 11) is 1.63. The van der Waals surface area contributed by atoms with E-state index in [1.54, 1.807) is 37.5 Å². The number of carbonyl (C=O) groups excluding carboxylic acids is 1. The molecule has 3 aromatic rings. The highest BCUT2D eigenvalue weighted by Crippen LogP contribution is 2.34. The lowest BCUT2D eigenvalue weighted by atomic mass is 9.98. The molecule has 162 valence electrons. The summed E-state index contributed by atoms with van der Waals surface area (Å²) in [5.74, 6) is 0.0694. The predicted octanol–water partition coefficient (Wildman–Crippen LogP) is 2.40. The Morgan fingerprint density at radius 3 is 2.71 bits per heavy atom. The number of aliphatic hydroxyl groups is 1. The molecule has 0 aliphatic carbocycles. The first-order chi connectivity index (χ1) is 14.9. The van der Waals surface area contributed by atoms with Crippen LogP contribution in [0.2, 0.25) is 0 Å². The highest BCUT2D eigenvalue weighted by atomic mass is 19.1. The molecule has 1 fully saturated rings. The molecule has 1 aliphatic rings. The second-order valence-corrected chi connectivity index (χ2v) is 7.58. The molecule has 1 aliphatic heterocycles. The van der Waals surface area contributed by atoms with Crippen LogP contribution in [0.1, 0.15) is 25.5 Å². The molecule has 0 aromatic carbocycles. The number of rotatable bonds is 7. The first kappa shape index (κ1) is 20.9. The van der Waals surface area contributed by atoms with E-state index in [1.165, 1.54) is 17.9 Å². The van der Waals surface area contributed by atoms with Crippen molar-refractivity contribution in [2.75, 3.05) is 25.5 Å². The van der Waals surface area contributed by atoms with Crippen LogP contribution in [0, 0.1) is 0 Å². The van der Waals surface area contributed by atoms with E-state index < -0.39 is 17.7 Å². The Labute approximate surface area is 178 Å². The highest BCUT2D eigenvalue weighted by Gasteiger charge is 2.48. The van der Waals surface area contributed by atoms with Crippen molar-refractivity contribution in [1.29, 1.82) is 0 Å². The zero-order chi connectivity index (χ0) is 22.0. The van der Waals surface area contributed by atoms with Crippen LogP contribution in [0.3, 0.4) is 0 Å². The molecular formula is C21H23FN6O3. The number of alkyl halides is 1. The van der Waals surface area contributed by atoms with Gasteiger partial charge < -0.3 is 19.8 Å². The maximum atomic E-state index is 13.0. The predicted molar refractivity (Wildman–Crippen MR) is 111 cm³/mol. The molecule has 0 bridgehead atoms. The average molecular weight is 426 g/mol. The lowest BCUT2D eigenvalue weighted by Crippen LogP contribution is -2.35. The molecule has 3 aromatic heterocycles. The Bertz CT molecular complexity index is 1090. The number of anilines is 1. The topological polar surface area (TPSA) is 117 Å². The molecule has 31 heavy (non-hydrogen) atoms. The van der Waals surface area contributed by atoms with E-state index in [0.717, 1.165) is 0 Å². The normalized spacial score (nSPS) is 19.6. The Morgan fingerprint density at radius 2 is 2.00 bits per heavy atom. The Morgan fingerprint density at radius 1 is 1.26 bits per heavy atom. The zero-order valence-corrected chi connectivity index (χ0v) is 17.2. The highest BCUT2D eigenvalue weighted by molar-refractivity contribution is 5.87. The molecule has 0 saturated carbocycles. The molecule has 2 atom stereocenters. The van der Waals surface area contributed by atoms with Crippen molar-refractivity contribution in [1.82, 2.24) is 25.0 Å². The van der Waals surface area contributed by atoms with Gasteiger partial charge in [-0.2, -0.15) is 0 Å². The number of hydrogen-bond donors (Lipinski definition) is 2. The number of pyridine rings is 1. The number of nitrogens with one attached hydrogen (secondary N) is 1. The van der Waals surface area contributed by atoms with Gasteiger partial charge in [-0.15, -0.1) is 0 Å². The number of amides is 1. The maximum Gasteiger partial charge on any atom is 0.262 e. The summed E-state index contributed by atoms with van der Waals surface area (Å²) in [4.78, 5) is 26.9. The Balaban J connectivity index is 1.56. The molecule has 9 nitrogen and oxygen atoms in total. The zero-order valence-electron chi connectivity index (χ0n) is 17.2. The minimum Gasteiger partial charge on any atom is -0.373 e. The van der Waals surface area contributed by atoms with Crippen molar-refractivity contribution in [2.45, 2.75) is 31.5 Å². The van der Waals surface area contributed by atoms with Gasteiger partial charge in [-0.25, -0.2) is 19.3 Å². The van der Waals surface area contributed by atoms with Crippen LogP contribution in [0.5, 0.6) is 0 Å². The fourth-order valence-electron chi connectivity index (χ4n) is 3.36. The minimum atomic E-state index is -1.71. The number of likely N-dealkylation sites (tertiary alicyclic amines) is 1. The van der Waals surface area contributed by atoms with E-state index in [4.69, 9.17) is 4.52 Å². The van der Waals surface area contributed by atoms with Gasteiger partial charge >= 0.3 is 0 Å². The third kappa shape index (κ3) is 4.24. The second-order valence-electron chi connectivity index (χ2n) is 7.58. The fraction of sp³-hybridized carbons (Fsp3) is 0.381. The summed E-state index contributed by atoms with van der Waals surface area (Å²) in [5, 5.41) is 17.7. The van der Waals surface area contributed by atoms with E-state index in [1.807, 2.05) is 0 Å². The molecule has 1 amide bonds. The molecule has 10 heteroatoms. The summed E-state index contributed by atoms with van der Waals surface area (Å²) < 4.78 is 18.3. The van der Waals surface area contributed by atoms with E-state index in [0.29, 0.717) is 48.2 Å². The van der Waals surface area contributed by atoms with Crippen LogP contribution in [0.15, 0.2) is 41.1 Å². The summed E-state index contributed by atoms with van der Waals surface area (Å²) in [6, 6.07) is 8.60. The van der Waals surface area contributed by atoms with Crippen LogP contribution in [-0.4, -0.2) is 62.3 Å². The summed E-state index contributed by atoms with van der Waals surface area (Å²) in [6.07, 6.45) is 1.30. The lowest BCUT2D eigenvalue weighted by Gasteiger charge is -2.16. The van der Waals surface area contributed by atoms with Crippen molar-refractivity contribution in [2.24, 2.45) is 0 Å². The van der Waals surface area contributed by atoms with Crippen LogP contribution >= 0.6 is 0 Å². The van der Waals surface area contributed by atoms with Crippen LogP contribution in [-0.2, 0) is 10.4 Å². The average Bonchev–Trinajstić information content (AvgIpc) is 3.36. The summed E-state index contributed by atoms with van der Waals surface area (Å²) in [6.45, 7) is 2.36. The van der Waals surface area contributed by atoms with Gasteiger partial charge in [0.2, 0.25) is 11.5 Å². The molecule has 0 spiro atoms. The Hall–Kier alpha value is -3.40. The van der Waals surface area contributed by atoms with Gasteiger partial charge in [0.25, 0.3) is 5.91 Å². The van der Waals surface area contributed by atoms with Crippen LogP contribution in [0.25, 0.3) is 22.8 Å². The van der Waals surface area contributed by atoms with E-state index >= 15 is 0 Å². The molecule has 1 saturated heterocycles. The minimum absolute atomic E-state index is 0.0969. The lowest BCUT2D eigenvalue weighted by molar-refractivity contribution is -0.144. The third-order valence-corrected chi connectivity index (χ3v) is 5.18. The second kappa shape index (κ2) is 8.38. The molecule has 4 heterocycles. The van der Waals surface area contributed by atoms with Crippen molar-refractivity contribution < 1.29 is 18.8 Å². The van der Waals surface area contributed by atoms with Gasteiger partial charge in [-0.05, 0) is 31.5 Å². The number of aromatic nitrogens is 4. The van der Waals surface area contributed by atoms with Gasteiger partial charge in [0.15, 0.2) is 5.76 Å². The molecule has 2 N–H and O–H groups in total. The summed E-state index contributed by atoms with van der Waals surface area (Å²) >= 11 is 0. The van der Waals surface area contributed by atoms with E-state index in [-0.39, 0.29) is 12.2 Å². The fourth-order valence-corrected chi connectivity index (χ4v) is 3.36. The SMILES string of the molecule is C[C@H](F)CCNc1nccc(-c2cccc(-c3cc([C@]4(O)CCN(C)C4=O)on3)n2)n1. The van der Waals surface area contributed by atoms with Crippen molar-refractivity contribution in [3.63, 3.8) is 0 Å². The smallest absolute Gasteiger partial charge is 0.262 e. The monoisotopic (exact) mass is 426 g/mol. The quantitative estimate of drug-likeness (QED) is 0.591. The molecule has 0 unspecified atom stereocenters. The third-order valence-electron chi connectivity index (χ3n) is 5.18. The first-order valence-corrected chi connectivity index (χ1v) is 10.0. The van der Waals surface area contributed by atoms with Crippen LogP contribution < -0.4 is 5.32 Å². The largest absolute Gasteiger partial charge is 0.373 e. The van der Waals surface area contributed by atoms with E-state index in [2.05, 4.69) is 25.4 Å². The standard InChI is InChI=1S/C21H23FN6O3/c1-13(22)6-9-23-20-24-10-7-16(26-20)14-4-3-5-15(25-14)17-12-18(31-27-17)21(30)8-11-28(2)19(21)29/h3-5,7,10,12-13,30H,6,8-9,11H2,1-2H3,(H,23,24,26)/t13-,21+/m0/s1. The number of carbonyl (C=O) groups is 1. The molecule has 4 rings (SSSR count). The van der Waals surface area contributed by atoms with Crippen molar-refractivity contribution in [3.05, 3.63) is 42.3 Å². The van der Waals surface area contributed by atoms with Gasteiger partial charge in [-0.1, -0.05) is 11.2 Å². The number of hydrogen-bond acceptors (Lipinski definition) is 8. The number of halogens is 1. The number of likely N-dealkylation sites (N-methyl/N-ethyl adjacent to an activating group) is 1.